The maximum absolute atomic E-state index is 2.55. The first-order chi connectivity index (χ1) is 3.79. The van der Waals surface area contributed by atoms with Gasteiger partial charge in [-0.25, -0.2) is 0 Å². The zero-order valence-corrected chi connectivity index (χ0v) is 8.04. The smallest absolute Gasteiger partial charge is 0.0203 e. The molecule has 2 atom stereocenters. The van der Waals surface area contributed by atoms with Gasteiger partial charge >= 0.3 is 0 Å². The van der Waals surface area contributed by atoms with Crippen LogP contribution in [-0.4, -0.2) is 15.4 Å². The minimum absolute atomic E-state index is 0.946. The van der Waals surface area contributed by atoms with Crippen LogP contribution in [0.2, 0.25) is 0 Å². The quantitative estimate of drug-likeness (QED) is 0.464. The van der Waals surface area contributed by atoms with Crippen molar-refractivity contribution in [2.75, 3.05) is 11.5 Å². The second-order valence-corrected chi connectivity index (χ2v) is 5.31. The first kappa shape index (κ1) is 7.19. The van der Waals surface area contributed by atoms with Gasteiger partial charge < -0.3 is 0 Å². The lowest BCUT2D eigenvalue weighted by Crippen LogP contribution is -2.16. The van der Waals surface area contributed by atoms with Crippen molar-refractivity contribution >= 4 is 34.4 Å². The molecule has 1 fully saturated rings. The van der Waals surface area contributed by atoms with Gasteiger partial charge in [0, 0.05) is 9.68 Å². The van der Waals surface area contributed by atoms with Crippen LogP contribution in [0.5, 0.6) is 0 Å². The highest BCUT2D eigenvalue weighted by atomic mass is 127. The Bertz CT molecular complexity index is 66.9. The van der Waals surface area contributed by atoms with Crippen molar-refractivity contribution in [2.45, 2.75) is 17.3 Å². The second-order valence-electron chi connectivity index (χ2n) is 2.48. The summed E-state index contributed by atoms with van der Waals surface area (Å²) in [5.41, 5.74) is 0. The Hall–Kier alpha value is 1.08. The number of rotatable bonds is 0. The maximum Gasteiger partial charge on any atom is 0.0203 e. The van der Waals surface area contributed by atoms with Crippen molar-refractivity contribution < 1.29 is 0 Å². The molecule has 1 aliphatic heterocycles. The standard InChI is InChI=1S/C6H11IS/c1-5-2-6(7)4-8-3-5/h5-6H,2-4H2,1H3. The molecule has 1 rings (SSSR count). The fourth-order valence-corrected chi connectivity index (χ4v) is 3.67. The average Bonchev–Trinajstić information content (AvgIpc) is 1.64. The van der Waals surface area contributed by atoms with Gasteiger partial charge in [-0.1, -0.05) is 29.5 Å². The molecule has 1 saturated heterocycles. The first-order valence-corrected chi connectivity index (χ1v) is 5.41. The molecule has 0 aromatic carbocycles. The highest BCUT2D eigenvalue weighted by Gasteiger charge is 2.15. The summed E-state index contributed by atoms with van der Waals surface area (Å²) < 4.78 is 0.946. The third-order valence-electron chi connectivity index (χ3n) is 1.36. The molecule has 0 aliphatic carbocycles. The highest BCUT2D eigenvalue weighted by Crippen LogP contribution is 2.26. The van der Waals surface area contributed by atoms with E-state index in [1.807, 2.05) is 0 Å². The molecule has 2 unspecified atom stereocenters. The molecule has 0 bridgehead atoms. The largest absolute Gasteiger partial charge is 0.161 e. The molecule has 0 aromatic rings. The average molecular weight is 242 g/mol. The molecule has 0 N–H and O–H groups in total. The molecule has 1 aliphatic rings. The Morgan fingerprint density at radius 3 is 2.62 bits per heavy atom. The Labute approximate surface area is 68.9 Å². The molecule has 2 heteroatoms. The summed E-state index contributed by atoms with van der Waals surface area (Å²) in [6.07, 6.45) is 1.44. The van der Waals surface area contributed by atoms with Gasteiger partial charge in [-0.3, -0.25) is 0 Å². The molecule has 0 saturated carbocycles. The van der Waals surface area contributed by atoms with Crippen LogP contribution in [0.4, 0.5) is 0 Å². The van der Waals surface area contributed by atoms with E-state index in [4.69, 9.17) is 0 Å². The summed E-state index contributed by atoms with van der Waals surface area (Å²) in [6, 6.07) is 0. The van der Waals surface area contributed by atoms with E-state index in [1.54, 1.807) is 0 Å². The molecule has 1 heterocycles. The third kappa shape index (κ3) is 2.13. The Kier molecular flexibility index (Phi) is 2.97. The molecule has 0 nitrogen and oxygen atoms in total. The van der Waals surface area contributed by atoms with E-state index in [0.29, 0.717) is 0 Å². The number of thioether (sulfide) groups is 1. The van der Waals surface area contributed by atoms with E-state index in [1.165, 1.54) is 17.9 Å². The number of hydrogen-bond acceptors (Lipinski definition) is 1. The predicted molar refractivity (Wildman–Crippen MR) is 48.9 cm³/mol. The fraction of sp³-hybridized carbons (Fsp3) is 1.00. The molecule has 0 aromatic heterocycles. The van der Waals surface area contributed by atoms with Crippen LogP contribution in [0.1, 0.15) is 13.3 Å². The fourth-order valence-electron chi connectivity index (χ4n) is 0.970. The van der Waals surface area contributed by atoms with Crippen molar-refractivity contribution in [3.05, 3.63) is 0 Å². The topological polar surface area (TPSA) is 0 Å². The minimum Gasteiger partial charge on any atom is -0.161 e. The predicted octanol–water partition coefficient (Wildman–Crippen LogP) is 2.56. The van der Waals surface area contributed by atoms with E-state index in [-0.39, 0.29) is 0 Å². The molecule has 0 spiro atoms. The second kappa shape index (κ2) is 3.30. The summed E-state index contributed by atoms with van der Waals surface area (Å²) in [5, 5.41) is 0. The molecule has 48 valence electrons. The van der Waals surface area contributed by atoms with Gasteiger partial charge in [-0.2, -0.15) is 11.8 Å². The minimum atomic E-state index is 0.946. The van der Waals surface area contributed by atoms with Crippen LogP contribution in [0.3, 0.4) is 0 Å². The van der Waals surface area contributed by atoms with Crippen LogP contribution in [0.25, 0.3) is 0 Å². The first-order valence-electron chi connectivity index (χ1n) is 3.01. The summed E-state index contributed by atoms with van der Waals surface area (Å²) in [6.45, 7) is 2.35. The molecular formula is C6H11IS. The van der Waals surface area contributed by atoms with E-state index in [0.717, 1.165) is 9.84 Å². The lowest BCUT2D eigenvalue weighted by Gasteiger charge is -2.21. The van der Waals surface area contributed by atoms with Gasteiger partial charge in [0.05, 0.1) is 0 Å². The Balaban J connectivity index is 2.23. The molecule has 0 amide bonds. The van der Waals surface area contributed by atoms with Crippen LogP contribution in [0.15, 0.2) is 0 Å². The van der Waals surface area contributed by atoms with E-state index < -0.39 is 0 Å². The normalized spacial score (nSPS) is 39.8. The van der Waals surface area contributed by atoms with Crippen molar-refractivity contribution in [3.63, 3.8) is 0 Å². The highest BCUT2D eigenvalue weighted by molar-refractivity contribution is 14.1. The summed E-state index contributed by atoms with van der Waals surface area (Å²) in [7, 11) is 0. The zero-order chi connectivity index (χ0) is 5.98. The van der Waals surface area contributed by atoms with Crippen LogP contribution < -0.4 is 0 Å². The SMILES string of the molecule is CC1CSCC(I)C1. The van der Waals surface area contributed by atoms with Gasteiger partial charge in [0.25, 0.3) is 0 Å². The number of hydrogen-bond donors (Lipinski definition) is 0. The van der Waals surface area contributed by atoms with Gasteiger partial charge in [-0.15, -0.1) is 0 Å². The lowest BCUT2D eigenvalue weighted by atomic mass is 10.1. The summed E-state index contributed by atoms with van der Waals surface area (Å²) in [5.74, 6) is 3.74. The van der Waals surface area contributed by atoms with Crippen LogP contribution >= 0.6 is 34.4 Å². The zero-order valence-electron chi connectivity index (χ0n) is 5.06. The Morgan fingerprint density at radius 1 is 1.50 bits per heavy atom. The van der Waals surface area contributed by atoms with Gasteiger partial charge in [0.1, 0.15) is 0 Å². The Morgan fingerprint density at radius 2 is 2.25 bits per heavy atom. The molecule has 0 radical (unpaired) electrons. The van der Waals surface area contributed by atoms with Crippen LogP contribution in [0, 0.1) is 5.92 Å². The van der Waals surface area contributed by atoms with Gasteiger partial charge in [0.2, 0.25) is 0 Å². The monoisotopic (exact) mass is 242 g/mol. The van der Waals surface area contributed by atoms with E-state index in [9.17, 15) is 0 Å². The van der Waals surface area contributed by atoms with Crippen LogP contribution in [-0.2, 0) is 0 Å². The number of alkyl halides is 1. The summed E-state index contributed by atoms with van der Waals surface area (Å²) in [4.78, 5) is 0. The van der Waals surface area contributed by atoms with Crippen molar-refractivity contribution in [3.8, 4) is 0 Å². The number of halogens is 1. The van der Waals surface area contributed by atoms with Gasteiger partial charge in [-0.05, 0) is 18.1 Å². The van der Waals surface area contributed by atoms with Crippen molar-refractivity contribution in [2.24, 2.45) is 5.92 Å². The van der Waals surface area contributed by atoms with E-state index in [2.05, 4.69) is 41.3 Å². The molecular weight excluding hydrogens is 231 g/mol. The third-order valence-corrected chi connectivity index (χ3v) is 4.35. The van der Waals surface area contributed by atoms with Crippen molar-refractivity contribution in [1.29, 1.82) is 0 Å². The lowest BCUT2D eigenvalue weighted by molar-refractivity contribution is 0.592. The maximum atomic E-state index is 2.55. The summed E-state index contributed by atoms with van der Waals surface area (Å²) >= 11 is 4.65. The van der Waals surface area contributed by atoms with Crippen molar-refractivity contribution in [1.82, 2.24) is 0 Å². The molecule has 8 heavy (non-hydrogen) atoms. The van der Waals surface area contributed by atoms with Gasteiger partial charge in [0.15, 0.2) is 0 Å². The van der Waals surface area contributed by atoms with E-state index >= 15 is 0 Å².